The van der Waals surface area contributed by atoms with Crippen LogP contribution in [0.3, 0.4) is 0 Å². The molecule has 0 saturated heterocycles. The van der Waals surface area contributed by atoms with Gasteiger partial charge in [-0.15, -0.1) is 0 Å². The molecule has 1 N–H and O–H groups in total. The van der Waals surface area contributed by atoms with Gasteiger partial charge in [0.05, 0.1) is 6.10 Å². The molecule has 0 radical (unpaired) electrons. The van der Waals surface area contributed by atoms with Gasteiger partial charge in [-0.05, 0) is 31.9 Å². The second-order valence-corrected chi connectivity index (χ2v) is 7.36. The molecule has 2 atom stereocenters. The zero-order valence-corrected chi connectivity index (χ0v) is 15.9. The van der Waals surface area contributed by atoms with Crippen LogP contribution in [0.5, 0.6) is 0 Å². The third-order valence-electron chi connectivity index (χ3n) is 3.82. The standard InChI is InChI=1S/C22H26O5/c1-22(2,3)27-21(25)26-20(17-12-8-5-9-13-17)15-18(23)14-19(24)16-10-6-4-7-11-16/h4-13,19-20,24H,14-15H2,1-3H3/t19-,20+/m1/s1. The first kappa shape index (κ1) is 20.6. The van der Waals surface area contributed by atoms with Crippen LogP contribution in [-0.2, 0) is 14.3 Å². The summed E-state index contributed by atoms with van der Waals surface area (Å²) in [5.74, 6) is -0.205. The van der Waals surface area contributed by atoms with Crippen molar-refractivity contribution in [1.29, 1.82) is 0 Å². The van der Waals surface area contributed by atoms with E-state index < -0.39 is 24.0 Å². The zero-order chi connectivity index (χ0) is 19.9. The summed E-state index contributed by atoms with van der Waals surface area (Å²) in [6, 6.07) is 18.0. The van der Waals surface area contributed by atoms with Crippen molar-refractivity contribution in [2.75, 3.05) is 0 Å². The van der Waals surface area contributed by atoms with Crippen LogP contribution in [-0.4, -0.2) is 22.6 Å². The average Bonchev–Trinajstić information content (AvgIpc) is 2.61. The summed E-state index contributed by atoms with van der Waals surface area (Å²) in [5, 5.41) is 10.3. The van der Waals surface area contributed by atoms with Crippen molar-refractivity contribution in [3.8, 4) is 0 Å². The first-order valence-corrected chi connectivity index (χ1v) is 8.94. The molecule has 0 bridgehead atoms. The molecule has 5 heteroatoms. The molecule has 0 heterocycles. The predicted octanol–water partition coefficient (Wildman–Crippen LogP) is 4.76. The maximum Gasteiger partial charge on any atom is 0.509 e. The maximum atomic E-state index is 12.5. The lowest BCUT2D eigenvalue weighted by Gasteiger charge is -2.23. The lowest BCUT2D eigenvalue weighted by atomic mass is 9.98. The van der Waals surface area contributed by atoms with Crippen LogP contribution in [0.15, 0.2) is 60.7 Å². The SMILES string of the molecule is CC(C)(C)OC(=O)O[C@@H](CC(=O)C[C@@H](O)c1ccccc1)c1ccccc1. The number of benzene rings is 2. The van der Waals surface area contributed by atoms with E-state index in [1.54, 1.807) is 57.2 Å². The van der Waals surface area contributed by atoms with Crippen LogP contribution in [0.1, 0.15) is 56.9 Å². The Bertz CT molecular complexity index is 734. The molecule has 0 aromatic heterocycles. The number of ketones is 1. The predicted molar refractivity (Wildman–Crippen MR) is 102 cm³/mol. The van der Waals surface area contributed by atoms with E-state index in [0.717, 1.165) is 0 Å². The summed E-state index contributed by atoms with van der Waals surface area (Å²) < 4.78 is 10.6. The van der Waals surface area contributed by atoms with Crippen molar-refractivity contribution in [3.63, 3.8) is 0 Å². The van der Waals surface area contributed by atoms with E-state index in [1.807, 2.05) is 24.3 Å². The zero-order valence-electron chi connectivity index (χ0n) is 15.9. The molecule has 0 saturated carbocycles. The maximum absolute atomic E-state index is 12.5. The van der Waals surface area contributed by atoms with E-state index in [1.165, 1.54) is 0 Å². The number of aliphatic hydroxyl groups is 1. The quantitative estimate of drug-likeness (QED) is 0.711. The van der Waals surface area contributed by atoms with Crippen molar-refractivity contribution >= 4 is 11.9 Å². The van der Waals surface area contributed by atoms with Gasteiger partial charge in [0, 0.05) is 12.8 Å². The number of rotatable bonds is 7. The van der Waals surface area contributed by atoms with Gasteiger partial charge in [-0.1, -0.05) is 60.7 Å². The summed E-state index contributed by atoms with van der Waals surface area (Å²) in [7, 11) is 0. The van der Waals surface area contributed by atoms with E-state index in [2.05, 4.69) is 0 Å². The molecule has 0 amide bonds. The highest BCUT2D eigenvalue weighted by Gasteiger charge is 2.25. The van der Waals surface area contributed by atoms with Gasteiger partial charge < -0.3 is 14.6 Å². The molecule has 144 valence electrons. The lowest BCUT2D eigenvalue weighted by Crippen LogP contribution is -2.26. The second kappa shape index (κ2) is 9.33. The van der Waals surface area contributed by atoms with Crippen molar-refractivity contribution in [2.24, 2.45) is 0 Å². The molecule has 2 aromatic rings. The Hall–Kier alpha value is -2.66. The van der Waals surface area contributed by atoms with Crippen LogP contribution < -0.4 is 0 Å². The molecule has 0 aliphatic rings. The van der Waals surface area contributed by atoms with Gasteiger partial charge in [-0.3, -0.25) is 4.79 Å². The Labute approximate surface area is 159 Å². The third kappa shape index (κ3) is 7.23. The first-order valence-electron chi connectivity index (χ1n) is 8.94. The largest absolute Gasteiger partial charge is 0.509 e. The molecule has 0 unspecified atom stereocenters. The Morgan fingerprint density at radius 3 is 1.93 bits per heavy atom. The average molecular weight is 370 g/mol. The number of carbonyl (C=O) groups is 2. The van der Waals surface area contributed by atoms with E-state index in [-0.39, 0.29) is 18.6 Å². The smallest absolute Gasteiger partial charge is 0.429 e. The lowest BCUT2D eigenvalue weighted by molar-refractivity contribution is -0.123. The van der Waals surface area contributed by atoms with Crippen LogP contribution >= 0.6 is 0 Å². The summed E-state index contributed by atoms with van der Waals surface area (Å²) in [6.45, 7) is 5.23. The summed E-state index contributed by atoms with van der Waals surface area (Å²) in [6.07, 6.45) is -2.57. The monoisotopic (exact) mass is 370 g/mol. The van der Waals surface area contributed by atoms with Crippen molar-refractivity contribution in [3.05, 3.63) is 71.8 Å². The Kier molecular flexibility index (Phi) is 7.13. The fraction of sp³-hybridized carbons (Fsp3) is 0.364. The van der Waals surface area contributed by atoms with E-state index in [0.29, 0.717) is 11.1 Å². The number of carbonyl (C=O) groups excluding carboxylic acids is 2. The van der Waals surface area contributed by atoms with Gasteiger partial charge in [0.15, 0.2) is 0 Å². The van der Waals surface area contributed by atoms with E-state index in [4.69, 9.17) is 9.47 Å². The van der Waals surface area contributed by atoms with Crippen molar-refractivity contribution < 1.29 is 24.2 Å². The molecule has 0 fully saturated rings. The van der Waals surface area contributed by atoms with Crippen LogP contribution in [0, 0.1) is 0 Å². The molecule has 5 nitrogen and oxygen atoms in total. The summed E-state index contributed by atoms with van der Waals surface area (Å²) in [4.78, 5) is 24.5. The highest BCUT2D eigenvalue weighted by molar-refractivity contribution is 5.80. The highest BCUT2D eigenvalue weighted by atomic mass is 16.7. The van der Waals surface area contributed by atoms with Crippen LogP contribution in [0.4, 0.5) is 4.79 Å². The molecule has 0 aliphatic carbocycles. The van der Waals surface area contributed by atoms with E-state index >= 15 is 0 Å². The minimum atomic E-state index is -0.892. The minimum absolute atomic E-state index is 0.0346. The molecule has 2 aromatic carbocycles. The topological polar surface area (TPSA) is 72.8 Å². The van der Waals surface area contributed by atoms with Crippen LogP contribution in [0.25, 0.3) is 0 Å². The Balaban J connectivity index is 2.05. The Morgan fingerprint density at radius 2 is 1.41 bits per heavy atom. The molecule has 0 aliphatic heterocycles. The van der Waals surface area contributed by atoms with Crippen molar-refractivity contribution in [2.45, 2.75) is 51.4 Å². The Morgan fingerprint density at radius 1 is 0.889 bits per heavy atom. The van der Waals surface area contributed by atoms with Gasteiger partial charge in [0.1, 0.15) is 17.5 Å². The second-order valence-electron chi connectivity index (χ2n) is 7.36. The third-order valence-corrected chi connectivity index (χ3v) is 3.82. The number of hydrogen-bond acceptors (Lipinski definition) is 5. The number of aliphatic hydroxyl groups excluding tert-OH is 1. The molecular weight excluding hydrogens is 344 g/mol. The molecule has 0 spiro atoms. The fourth-order valence-electron chi connectivity index (χ4n) is 2.58. The van der Waals surface area contributed by atoms with Crippen LogP contribution in [0.2, 0.25) is 0 Å². The van der Waals surface area contributed by atoms with Gasteiger partial charge in [-0.2, -0.15) is 0 Å². The molecular formula is C22H26O5. The van der Waals surface area contributed by atoms with Gasteiger partial charge in [-0.25, -0.2) is 4.79 Å². The van der Waals surface area contributed by atoms with Gasteiger partial charge in [0.25, 0.3) is 0 Å². The summed E-state index contributed by atoms with van der Waals surface area (Å²) in [5.41, 5.74) is 0.687. The van der Waals surface area contributed by atoms with Gasteiger partial charge >= 0.3 is 6.16 Å². The van der Waals surface area contributed by atoms with E-state index in [9.17, 15) is 14.7 Å². The normalized spacial score (nSPS) is 13.5. The highest BCUT2D eigenvalue weighted by Crippen LogP contribution is 2.26. The fourth-order valence-corrected chi connectivity index (χ4v) is 2.58. The van der Waals surface area contributed by atoms with Crippen molar-refractivity contribution in [1.82, 2.24) is 0 Å². The number of ether oxygens (including phenoxy) is 2. The van der Waals surface area contributed by atoms with Gasteiger partial charge in [0.2, 0.25) is 0 Å². The first-order chi connectivity index (χ1) is 12.7. The minimum Gasteiger partial charge on any atom is -0.429 e. The molecule has 27 heavy (non-hydrogen) atoms. The summed E-state index contributed by atoms with van der Waals surface area (Å²) >= 11 is 0. The number of hydrogen-bond donors (Lipinski definition) is 1. The number of Topliss-reactive ketones (excluding diaryl/α,β-unsaturated/α-hetero) is 1. The molecule has 2 rings (SSSR count).